The number of benzene rings is 2. The number of piperidine rings is 1. The number of ether oxygens (including phenoxy) is 2. The molecule has 1 N–H and O–H groups in total. The molecule has 3 fully saturated rings. The van der Waals surface area contributed by atoms with Gasteiger partial charge in [-0.15, -0.1) is 5.10 Å². The smallest absolute Gasteiger partial charge is 0.301 e. The van der Waals surface area contributed by atoms with Crippen molar-refractivity contribution >= 4 is 35.2 Å². The van der Waals surface area contributed by atoms with Gasteiger partial charge in [0, 0.05) is 68.7 Å². The molecule has 0 spiro atoms. The van der Waals surface area contributed by atoms with Crippen LogP contribution in [-0.4, -0.2) is 113 Å². The Hall–Kier alpha value is -5.07. The number of amides is 1. The number of hydrogen-bond donors (Lipinski definition) is 1. The van der Waals surface area contributed by atoms with Crippen LogP contribution in [-0.2, 0) is 9.53 Å². The molecule has 2 aromatic carbocycles. The minimum absolute atomic E-state index is 0.0141. The maximum Gasteiger partial charge on any atom is 0.301 e. The van der Waals surface area contributed by atoms with E-state index in [0.717, 1.165) is 55.7 Å². The monoisotopic (exact) mass is 642 g/mol. The van der Waals surface area contributed by atoms with Gasteiger partial charge in [0.25, 0.3) is 5.91 Å². The number of nitrogens with zero attached hydrogens (tertiary/aromatic N) is 9. The van der Waals surface area contributed by atoms with E-state index in [1.165, 1.54) is 24.7 Å². The number of carbonyl (C=O) groups is 1. The van der Waals surface area contributed by atoms with Gasteiger partial charge in [-0.05, 0) is 42.5 Å². The van der Waals surface area contributed by atoms with E-state index in [2.05, 4.69) is 52.4 Å². The highest BCUT2D eigenvalue weighted by Gasteiger charge is 2.48. The highest BCUT2D eigenvalue weighted by atomic mass is 19.3. The zero-order valence-electron chi connectivity index (χ0n) is 25.4. The molecule has 0 aliphatic carbocycles. The molecule has 1 atom stereocenters. The first-order valence-electron chi connectivity index (χ1n) is 15.5. The van der Waals surface area contributed by atoms with Crippen molar-refractivity contribution in [1.29, 1.82) is 5.26 Å². The van der Waals surface area contributed by atoms with Gasteiger partial charge in [0.15, 0.2) is 11.9 Å². The van der Waals surface area contributed by atoms with E-state index in [4.69, 9.17) is 9.47 Å². The number of rotatable bonds is 8. The summed E-state index contributed by atoms with van der Waals surface area (Å²) in [6.45, 7) is 4.88. The molecular formula is C32H32F2N10O3. The summed E-state index contributed by atoms with van der Waals surface area (Å²) >= 11 is 0. The molecule has 0 saturated carbocycles. The molecule has 5 heterocycles. The van der Waals surface area contributed by atoms with Gasteiger partial charge in [-0.25, -0.2) is 18.7 Å². The Morgan fingerprint density at radius 3 is 2.55 bits per heavy atom. The van der Waals surface area contributed by atoms with Gasteiger partial charge in [0.1, 0.15) is 23.9 Å². The van der Waals surface area contributed by atoms with Crippen molar-refractivity contribution in [2.75, 3.05) is 62.7 Å². The van der Waals surface area contributed by atoms with Crippen molar-refractivity contribution in [3.8, 4) is 23.2 Å². The zero-order valence-corrected chi connectivity index (χ0v) is 25.4. The highest BCUT2D eigenvalue weighted by molar-refractivity contribution is 6.41. The fraction of sp³-hybridized carbons (Fsp3) is 0.406. The Morgan fingerprint density at radius 1 is 1.06 bits per heavy atom. The van der Waals surface area contributed by atoms with Crippen molar-refractivity contribution < 1.29 is 23.0 Å². The quantitative estimate of drug-likeness (QED) is 0.389. The Morgan fingerprint density at radius 2 is 1.87 bits per heavy atom. The number of piperazine rings is 1. The summed E-state index contributed by atoms with van der Waals surface area (Å²) in [6, 6.07) is 15.2. The Kier molecular flexibility index (Phi) is 8.44. The number of aromatic nitrogens is 3. The summed E-state index contributed by atoms with van der Waals surface area (Å²) in [6.07, 6.45) is 1.41. The van der Waals surface area contributed by atoms with E-state index in [0.29, 0.717) is 23.4 Å². The largest absolute Gasteiger partial charge is 0.483 e. The lowest BCUT2D eigenvalue weighted by Gasteiger charge is -2.43. The van der Waals surface area contributed by atoms with Crippen LogP contribution in [0, 0.1) is 11.3 Å². The molecule has 0 bridgehead atoms. The van der Waals surface area contributed by atoms with Gasteiger partial charge in [-0.3, -0.25) is 9.69 Å². The van der Waals surface area contributed by atoms with E-state index in [9.17, 15) is 10.1 Å². The number of nitrogens with one attached hydrogen (secondary N) is 1. The number of hydrogen-bond acceptors (Lipinski definition) is 12. The second-order valence-corrected chi connectivity index (χ2v) is 11.8. The first kappa shape index (κ1) is 30.6. The van der Waals surface area contributed by atoms with Crippen LogP contribution in [0.15, 0.2) is 59.0 Å². The SMILES string of the molecule is N#Cc1cc(-c2ncnc(Nc3ccc(N4CCN(C5COC5)CC4)cc3)n2)ccc1O[C@H]1CCN(C(=O)C2=NN=CC2)CC1(F)F. The third-order valence-corrected chi connectivity index (χ3v) is 8.75. The molecule has 242 valence electrons. The molecule has 15 heteroatoms. The van der Waals surface area contributed by atoms with Crippen molar-refractivity contribution in [2.45, 2.75) is 30.9 Å². The second kappa shape index (κ2) is 13.0. The number of halogens is 2. The summed E-state index contributed by atoms with van der Waals surface area (Å²) < 4.78 is 41.2. The summed E-state index contributed by atoms with van der Waals surface area (Å²) in [5, 5.41) is 20.4. The normalized spacial score (nSPS) is 21.1. The molecule has 1 amide bonds. The minimum atomic E-state index is -3.34. The van der Waals surface area contributed by atoms with Crippen LogP contribution in [0.5, 0.6) is 5.75 Å². The molecule has 47 heavy (non-hydrogen) atoms. The molecule has 0 unspecified atom stereocenters. The van der Waals surface area contributed by atoms with Crippen LogP contribution in [0.4, 0.5) is 26.1 Å². The molecular weight excluding hydrogens is 610 g/mol. The second-order valence-electron chi connectivity index (χ2n) is 11.8. The third kappa shape index (κ3) is 6.60. The standard InChI is InChI=1S/C32H32F2N10O3/c33-32(34)19-44(30(45)26-7-9-38-41-26)10-8-28(32)47-27-6-1-21(15-22(27)16-35)29-36-20-37-31(40-29)39-23-2-4-24(5-3-23)42-11-13-43(14-12-42)25-17-46-18-25/h1-6,9,15,20,25,28H,7-8,10-14,17-19H2,(H,36,37,39,40)/t28-/m0/s1. The molecule has 4 aliphatic rings. The number of nitriles is 1. The first-order chi connectivity index (χ1) is 22.9. The lowest BCUT2D eigenvalue weighted by atomic mass is 10.0. The van der Waals surface area contributed by atoms with E-state index < -0.39 is 24.5 Å². The minimum Gasteiger partial charge on any atom is -0.483 e. The maximum absolute atomic E-state index is 15.1. The van der Waals surface area contributed by atoms with Crippen LogP contribution in [0.25, 0.3) is 11.4 Å². The third-order valence-electron chi connectivity index (χ3n) is 8.75. The predicted octanol–water partition coefficient (Wildman–Crippen LogP) is 3.12. The van der Waals surface area contributed by atoms with Crippen LogP contribution < -0.4 is 15.0 Å². The van der Waals surface area contributed by atoms with Gasteiger partial charge < -0.3 is 24.6 Å². The first-order valence-corrected chi connectivity index (χ1v) is 15.5. The summed E-state index contributed by atoms with van der Waals surface area (Å²) in [4.78, 5) is 31.4. The highest BCUT2D eigenvalue weighted by Crippen LogP contribution is 2.34. The van der Waals surface area contributed by atoms with Gasteiger partial charge in [0.05, 0.1) is 31.4 Å². The van der Waals surface area contributed by atoms with Crippen molar-refractivity contribution in [3.63, 3.8) is 0 Å². The topological polar surface area (TPSA) is 144 Å². The lowest BCUT2D eigenvalue weighted by molar-refractivity contribution is -0.155. The van der Waals surface area contributed by atoms with Crippen LogP contribution in [0.2, 0.25) is 0 Å². The van der Waals surface area contributed by atoms with E-state index in [-0.39, 0.29) is 36.4 Å². The van der Waals surface area contributed by atoms with Crippen molar-refractivity contribution in [2.24, 2.45) is 10.2 Å². The van der Waals surface area contributed by atoms with Gasteiger partial charge in [-0.1, -0.05) is 0 Å². The molecule has 3 aromatic rings. The lowest BCUT2D eigenvalue weighted by Crippen LogP contribution is -2.56. The maximum atomic E-state index is 15.1. The Balaban J connectivity index is 0.979. The number of alkyl halides is 2. The van der Waals surface area contributed by atoms with Crippen LogP contribution >= 0.6 is 0 Å². The molecule has 0 radical (unpaired) electrons. The van der Waals surface area contributed by atoms with Gasteiger partial charge in [0.2, 0.25) is 5.95 Å². The molecule has 3 saturated heterocycles. The fourth-order valence-electron chi connectivity index (χ4n) is 6.00. The summed E-state index contributed by atoms with van der Waals surface area (Å²) in [5.74, 6) is -3.27. The van der Waals surface area contributed by atoms with Gasteiger partial charge in [-0.2, -0.15) is 15.3 Å². The molecule has 1 aromatic heterocycles. The average molecular weight is 643 g/mol. The zero-order chi connectivity index (χ0) is 32.4. The summed E-state index contributed by atoms with van der Waals surface area (Å²) in [5.41, 5.74) is 2.64. The number of carbonyl (C=O) groups excluding carboxylic acids is 1. The van der Waals surface area contributed by atoms with Crippen molar-refractivity contribution in [3.05, 3.63) is 54.4 Å². The van der Waals surface area contributed by atoms with E-state index >= 15 is 8.78 Å². The molecule has 7 rings (SSSR count). The Bertz CT molecular complexity index is 1730. The van der Waals surface area contributed by atoms with Crippen molar-refractivity contribution in [1.82, 2.24) is 24.8 Å². The molecule has 13 nitrogen and oxygen atoms in total. The Labute approximate surface area is 269 Å². The average Bonchev–Trinajstić information content (AvgIpc) is 3.61. The number of likely N-dealkylation sites (tertiary alicyclic amines) is 1. The van der Waals surface area contributed by atoms with Crippen LogP contribution in [0.3, 0.4) is 0 Å². The predicted molar refractivity (Wildman–Crippen MR) is 169 cm³/mol. The van der Waals surface area contributed by atoms with E-state index in [1.807, 2.05) is 18.2 Å². The fourth-order valence-corrected chi connectivity index (χ4v) is 6.00. The number of anilines is 3. The van der Waals surface area contributed by atoms with Gasteiger partial charge >= 0.3 is 5.92 Å². The molecule has 4 aliphatic heterocycles. The van der Waals surface area contributed by atoms with E-state index in [1.54, 1.807) is 6.07 Å². The van der Waals surface area contributed by atoms with Crippen LogP contribution in [0.1, 0.15) is 18.4 Å². The summed E-state index contributed by atoms with van der Waals surface area (Å²) in [7, 11) is 0.